The maximum absolute atomic E-state index is 12.9. The van der Waals surface area contributed by atoms with Gasteiger partial charge in [-0.05, 0) is 37.5 Å². The fourth-order valence-electron chi connectivity index (χ4n) is 3.15. The number of hydrogen-bond donors (Lipinski definition) is 2. The number of nitrogens with zero attached hydrogens (tertiary/aromatic N) is 3. The second kappa shape index (κ2) is 8.67. The van der Waals surface area contributed by atoms with E-state index in [0.717, 1.165) is 18.4 Å². The standard InChI is InChI=1S/C22H22ClN5O2/c1-14-24-20(27-28(14)19-10-6-5-9-17(19)23)22(30)26-18(21(29)25-16-11-12-16)13-15-7-3-2-4-8-15/h2-10,16,18H,11-13H2,1H3,(H,25,29)(H,26,30). The van der Waals surface area contributed by atoms with Crippen LogP contribution in [0.1, 0.15) is 34.8 Å². The van der Waals surface area contributed by atoms with Crippen LogP contribution in [-0.4, -0.2) is 38.7 Å². The molecule has 3 aromatic rings. The van der Waals surface area contributed by atoms with Gasteiger partial charge in [0.2, 0.25) is 11.7 Å². The molecule has 0 saturated heterocycles. The summed E-state index contributed by atoms with van der Waals surface area (Å²) < 4.78 is 1.52. The fourth-order valence-corrected chi connectivity index (χ4v) is 3.37. The Morgan fingerprint density at radius 3 is 2.53 bits per heavy atom. The van der Waals surface area contributed by atoms with Crippen LogP contribution < -0.4 is 10.6 Å². The number of carbonyl (C=O) groups is 2. The number of amides is 2. The zero-order valence-electron chi connectivity index (χ0n) is 16.5. The van der Waals surface area contributed by atoms with Gasteiger partial charge in [0, 0.05) is 12.5 Å². The number of para-hydroxylation sites is 1. The smallest absolute Gasteiger partial charge is 0.291 e. The summed E-state index contributed by atoms with van der Waals surface area (Å²) in [5.41, 5.74) is 1.59. The number of carbonyl (C=O) groups excluding carboxylic acids is 2. The average molecular weight is 424 g/mol. The van der Waals surface area contributed by atoms with Crippen LogP contribution in [0.2, 0.25) is 5.02 Å². The molecule has 2 aromatic carbocycles. The summed E-state index contributed by atoms with van der Waals surface area (Å²) >= 11 is 6.25. The monoisotopic (exact) mass is 423 g/mol. The van der Waals surface area contributed by atoms with Crippen LogP contribution in [0.4, 0.5) is 0 Å². The number of benzene rings is 2. The van der Waals surface area contributed by atoms with Crippen LogP contribution >= 0.6 is 11.6 Å². The van der Waals surface area contributed by atoms with Gasteiger partial charge in [-0.1, -0.05) is 54.1 Å². The van der Waals surface area contributed by atoms with Crippen LogP contribution in [0.3, 0.4) is 0 Å². The van der Waals surface area contributed by atoms with Gasteiger partial charge >= 0.3 is 0 Å². The maximum Gasteiger partial charge on any atom is 0.291 e. The molecule has 2 amide bonds. The van der Waals surface area contributed by atoms with Gasteiger partial charge in [0.25, 0.3) is 5.91 Å². The highest BCUT2D eigenvalue weighted by atomic mass is 35.5. The largest absolute Gasteiger partial charge is 0.352 e. The van der Waals surface area contributed by atoms with Crippen molar-refractivity contribution in [3.63, 3.8) is 0 Å². The van der Waals surface area contributed by atoms with Crippen molar-refractivity contribution in [2.75, 3.05) is 0 Å². The van der Waals surface area contributed by atoms with Crippen molar-refractivity contribution in [2.24, 2.45) is 0 Å². The van der Waals surface area contributed by atoms with E-state index < -0.39 is 11.9 Å². The summed E-state index contributed by atoms with van der Waals surface area (Å²) in [6, 6.07) is 16.3. The minimum atomic E-state index is -0.715. The summed E-state index contributed by atoms with van der Waals surface area (Å²) in [5, 5.41) is 10.6. The van der Waals surface area contributed by atoms with E-state index in [1.165, 1.54) is 4.68 Å². The Hall–Kier alpha value is -3.19. The van der Waals surface area contributed by atoms with Crippen molar-refractivity contribution in [3.05, 3.63) is 76.8 Å². The molecule has 2 N–H and O–H groups in total. The van der Waals surface area contributed by atoms with E-state index in [1.54, 1.807) is 19.1 Å². The first kappa shape index (κ1) is 20.1. The number of rotatable bonds is 7. The Morgan fingerprint density at radius 2 is 1.83 bits per heavy atom. The third kappa shape index (κ3) is 4.68. The van der Waals surface area contributed by atoms with Crippen molar-refractivity contribution in [3.8, 4) is 5.69 Å². The maximum atomic E-state index is 12.9. The van der Waals surface area contributed by atoms with Crippen LogP contribution in [0.25, 0.3) is 5.69 Å². The van der Waals surface area contributed by atoms with E-state index in [9.17, 15) is 9.59 Å². The van der Waals surface area contributed by atoms with Crippen molar-refractivity contribution < 1.29 is 9.59 Å². The Labute approximate surface area is 179 Å². The normalized spacial score (nSPS) is 14.2. The highest BCUT2D eigenvalue weighted by Gasteiger charge is 2.29. The molecular formula is C22H22ClN5O2. The summed E-state index contributed by atoms with van der Waals surface area (Å²) in [6.07, 6.45) is 2.33. The van der Waals surface area contributed by atoms with Crippen LogP contribution in [0.15, 0.2) is 54.6 Å². The summed E-state index contributed by atoms with van der Waals surface area (Å²) in [7, 11) is 0. The van der Waals surface area contributed by atoms with Crippen LogP contribution in [-0.2, 0) is 11.2 Å². The average Bonchev–Trinajstić information content (AvgIpc) is 3.47. The molecular weight excluding hydrogens is 402 g/mol. The van der Waals surface area contributed by atoms with E-state index in [4.69, 9.17) is 11.6 Å². The quantitative estimate of drug-likeness (QED) is 0.611. The Bertz CT molecular complexity index is 1060. The summed E-state index contributed by atoms with van der Waals surface area (Å²) in [5.74, 6) is -0.187. The van der Waals surface area contributed by atoms with Gasteiger partial charge in [0.15, 0.2) is 0 Å². The molecule has 0 radical (unpaired) electrons. The van der Waals surface area contributed by atoms with E-state index in [0.29, 0.717) is 23.0 Å². The van der Waals surface area contributed by atoms with Gasteiger partial charge in [-0.2, -0.15) is 0 Å². The molecule has 4 rings (SSSR count). The molecule has 0 bridgehead atoms. The number of hydrogen-bond acceptors (Lipinski definition) is 4. The summed E-state index contributed by atoms with van der Waals surface area (Å²) in [4.78, 5) is 29.9. The van der Waals surface area contributed by atoms with Gasteiger partial charge in [0.05, 0.1) is 10.7 Å². The third-order valence-electron chi connectivity index (χ3n) is 4.88. The zero-order valence-corrected chi connectivity index (χ0v) is 17.3. The highest BCUT2D eigenvalue weighted by molar-refractivity contribution is 6.32. The number of aryl methyl sites for hydroxylation is 1. The van der Waals surface area contributed by atoms with E-state index in [1.807, 2.05) is 42.5 Å². The lowest BCUT2D eigenvalue weighted by Crippen LogP contribution is -2.48. The Balaban J connectivity index is 1.54. The number of halogens is 1. The Kier molecular flexibility index (Phi) is 5.81. The van der Waals surface area contributed by atoms with E-state index >= 15 is 0 Å². The molecule has 0 spiro atoms. The summed E-state index contributed by atoms with van der Waals surface area (Å²) in [6.45, 7) is 1.74. The van der Waals surface area contributed by atoms with E-state index in [-0.39, 0.29) is 17.8 Å². The molecule has 1 saturated carbocycles. The SMILES string of the molecule is Cc1nc(C(=O)NC(Cc2ccccc2)C(=O)NC2CC2)nn1-c1ccccc1Cl. The molecule has 7 nitrogen and oxygen atoms in total. The number of aromatic nitrogens is 3. The van der Waals surface area contributed by atoms with E-state index in [2.05, 4.69) is 20.7 Å². The van der Waals surface area contributed by atoms with Crippen LogP contribution in [0.5, 0.6) is 0 Å². The second-order valence-electron chi connectivity index (χ2n) is 7.34. The third-order valence-corrected chi connectivity index (χ3v) is 5.20. The van der Waals surface area contributed by atoms with Gasteiger partial charge in [-0.15, -0.1) is 5.10 Å². The lowest BCUT2D eigenvalue weighted by atomic mass is 10.1. The minimum absolute atomic E-state index is 0.00953. The van der Waals surface area contributed by atoms with Gasteiger partial charge in [-0.3, -0.25) is 9.59 Å². The van der Waals surface area contributed by atoms with Crippen molar-refractivity contribution in [1.82, 2.24) is 25.4 Å². The molecule has 1 aromatic heterocycles. The molecule has 0 aliphatic heterocycles. The predicted octanol–water partition coefficient (Wildman–Crippen LogP) is 2.85. The molecule has 8 heteroatoms. The zero-order chi connectivity index (χ0) is 21.1. The first-order chi connectivity index (χ1) is 14.5. The van der Waals surface area contributed by atoms with Gasteiger partial charge in [-0.25, -0.2) is 9.67 Å². The molecule has 1 aliphatic rings. The highest BCUT2D eigenvalue weighted by Crippen LogP contribution is 2.21. The molecule has 1 atom stereocenters. The topological polar surface area (TPSA) is 88.9 Å². The van der Waals surface area contributed by atoms with Gasteiger partial charge < -0.3 is 10.6 Å². The minimum Gasteiger partial charge on any atom is -0.352 e. The fraction of sp³-hybridized carbons (Fsp3) is 0.273. The van der Waals surface area contributed by atoms with Crippen LogP contribution in [0, 0.1) is 6.92 Å². The Morgan fingerprint density at radius 1 is 1.13 bits per heavy atom. The molecule has 1 unspecified atom stereocenters. The lowest BCUT2D eigenvalue weighted by Gasteiger charge is -2.17. The predicted molar refractivity (Wildman–Crippen MR) is 114 cm³/mol. The molecule has 1 heterocycles. The molecule has 1 aliphatic carbocycles. The molecule has 30 heavy (non-hydrogen) atoms. The van der Waals surface area contributed by atoms with Crippen molar-refractivity contribution in [2.45, 2.75) is 38.3 Å². The van der Waals surface area contributed by atoms with Crippen molar-refractivity contribution >= 4 is 23.4 Å². The van der Waals surface area contributed by atoms with Gasteiger partial charge in [0.1, 0.15) is 11.9 Å². The van der Waals surface area contributed by atoms with Crippen molar-refractivity contribution in [1.29, 1.82) is 0 Å². The second-order valence-corrected chi connectivity index (χ2v) is 7.75. The first-order valence-corrected chi connectivity index (χ1v) is 10.2. The lowest BCUT2D eigenvalue weighted by molar-refractivity contribution is -0.123. The molecule has 1 fully saturated rings. The number of nitrogens with one attached hydrogen (secondary N) is 2. The first-order valence-electron chi connectivity index (χ1n) is 9.85. The molecule has 154 valence electrons.